The Morgan fingerprint density at radius 1 is 0.379 bits per heavy atom. The minimum atomic E-state index is 0.510. The second kappa shape index (κ2) is 17.1. The van der Waals surface area contributed by atoms with Crippen LogP contribution in [0.2, 0.25) is 0 Å². The second-order valence-corrected chi connectivity index (χ2v) is 15.3. The van der Waals surface area contributed by atoms with Crippen molar-refractivity contribution in [2.45, 2.75) is 90.9 Å². The molecule has 7 aromatic rings. The number of benzene rings is 4. The molecule has 0 spiro atoms. The highest BCUT2D eigenvalue weighted by Gasteiger charge is 2.26. The standard InChI is InChI=1S/C48H50N8O2/c1-3-5-7-9-11-19-27-57-39-29-37-38(30-40(39)58-28-20-12-10-8-6-4-2)48-55-46-36-26-18-16-24-34(36)44(53-46)51-42-32-22-14-13-21-31(32)41(49-42)50-43-33-23-15-17-25-35(33)45(52-43)54-47(37)56-48/h13-18,21-26,29-30H,3-12,19-20,27-28H2,1-2H3,(H2,49,50,51,52,53,54,55,56). The lowest BCUT2D eigenvalue weighted by molar-refractivity contribution is 0.258. The normalized spacial score (nSPS) is 11.9. The van der Waals surface area contributed by atoms with Crippen molar-refractivity contribution < 1.29 is 9.47 Å². The van der Waals surface area contributed by atoms with Crippen LogP contribution in [0, 0.1) is 0 Å². The number of H-pyrrole nitrogens is 2. The third-order valence-corrected chi connectivity index (χ3v) is 11.1. The second-order valence-electron chi connectivity index (χ2n) is 15.3. The lowest BCUT2D eigenvalue weighted by Gasteiger charge is -2.15. The maximum absolute atomic E-state index is 6.56. The maximum atomic E-state index is 6.56. The highest BCUT2D eigenvalue weighted by Crippen LogP contribution is 2.43. The van der Waals surface area contributed by atoms with Crippen LogP contribution in [-0.2, 0) is 0 Å². The van der Waals surface area contributed by atoms with Crippen LogP contribution in [0.5, 0.6) is 11.5 Å². The quantitative estimate of drug-likeness (QED) is 0.0930. The zero-order valence-corrected chi connectivity index (χ0v) is 33.5. The molecule has 0 atom stereocenters. The van der Waals surface area contributed by atoms with E-state index in [-0.39, 0.29) is 0 Å². The summed E-state index contributed by atoms with van der Waals surface area (Å²) >= 11 is 0. The molecular formula is C48H50N8O2. The molecule has 0 fully saturated rings. The average molecular weight is 771 g/mol. The Kier molecular flexibility index (Phi) is 11.1. The monoisotopic (exact) mass is 770 g/mol. The zero-order valence-electron chi connectivity index (χ0n) is 33.5. The fraction of sp³-hybridized carbons (Fsp3) is 0.333. The first kappa shape index (κ1) is 37.4. The average Bonchev–Trinajstić information content (AvgIpc) is 3.98. The molecule has 2 aliphatic rings. The van der Waals surface area contributed by atoms with Crippen molar-refractivity contribution in [3.05, 3.63) is 84.9 Å². The molecule has 10 heteroatoms. The molecule has 294 valence electrons. The molecule has 0 unspecified atom stereocenters. The van der Waals surface area contributed by atoms with Crippen molar-refractivity contribution in [2.24, 2.45) is 0 Å². The lowest BCUT2D eigenvalue weighted by Crippen LogP contribution is -2.03. The summed E-state index contributed by atoms with van der Waals surface area (Å²) in [6, 6.07) is 28.5. The van der Waals surface area contributed by atoms with E-state index in [1.165, 1.54) is 51.4 Å². The van der Waals surface area contributed by atoms with E-state index in [0.29, 0.717) is 70.6 Å². The van der Waals surface area contributed by atoms with Crippen LogP contribution in [0.3, 0.4) is 0 Å². The van der Waals surface area contributed by atoms with Gasteiger partial charge in [0.1, 0.15) is 22.6 Å². The number of hydrogen-bond donors (Lipinski definition) is 2. The summed E-state index contributed by atoms with van der Waals surface area (Å²) in [4.78, 5) is 38.0. The van der Waals surface area contributed by atoms with E-state index in [4.69, 9.17) is 39.4 Å². The van der Waals surface area contributed by atoms with Gasteiger partial charge in [-0.15, -0.1) is 0 Å². The molecular weight excluding hydrogens is 721 g/mol. The van der Waals surface area contributed by atoms with Crippen LogP contribution in [0.4, 0.5) is 0 Å². The summed E-state index contributed by atoms with van der Waals surface area (Å²) in [6.07, 6.45) is 14.2. The predicted molar refractivity (Wildman–Crippen MR) is 234 cm³/mol. The number of rotatable bonds is 16. The molecule has 3 aromatic heterocycles. The van der Waals surface area contributed by atoms with Crippen molar-refractivity contribution in [1.29, 1.82) is 0 Å². The number of unbranched alkanes of at least 4 members (excludes halogenated alkanes) is 10. The molecule has 10 nitrogen and oxygen atoms in total. The fourth-order valence-corrected chi connectivity index (χ4v) is 8.00. The minimum absolute atomic E-state index is 0.510. The van der Waals surface area contributed by atoms with E-state index in [0.717, 1.165) is 69.5 Å². The van der Waals surface area contributed by atoms with Crippen LogP contribution in [0.1, 0.15) is 90.9 Å². The van der Waals surface area contributed by atoms with Crippen molar-refractivity contribution in [1.82, 2.24) is 39.9 Å². The van der Waals surface area contributed by atoms with E-state index in [1.807, 2.05) is 60.7 Å². The molecule has 5 heterocycles. The highest BCUT2D eigenvalue weighted by atomic mass is 16.5. The van der Waals surface area contributed by atoms with Gasteiger partial charge in [0, 0.05) is 43.8 Å². The van der Waals surface area contributed by atoms with Gasteiger partial charge in [0.25, 0.3) is 0 Å². The van der Waals surface area contributed by atoms with E-state index < -0.39 is 0 Å². The van der Waals surface area contributed by atoms with E-state index in [2.05, 4.69) is 48.1 Å². The molecule has 58 heavy (non-hydrogen) atoms. The van der Waals surface area contributed by atoms with E-state index in [9.17, 15) is 0 Å². The zero-order chi connectivity index (χ0) is 39.3. The van der Waals surface area contributed by atoms with Gasteiger partial charge in [0.05, 0.1) is 13.2 Å². The maximum Gasteiger partial charge on any atom is 0.164 e. The van der Waals surface area contributed by atoms with Gasteiger partial charge in [-0.2, -0.15) is 0 Å². The number of nitrogens with zero attached hydrogens (tertiary/aromatic N) is 6. The Morgan fingerprint density at radius 3 is 1.17 bits per heavy atom. The SMILES string of the molecule is CCCCCCCCOc1cc2c(cc1OCCCCCCCC)-c1nc-2nc2nc(nc3[nH]c(nc4[nH]c(n1)c1ccccc41)c1ccccc31)-c1ccccc1-2. The minimum Gasteiger partial charge on any atom is -0.490 e. The summed E-state index contributed by atoms with van der Waals surface area (Å²) in [5.41, 5.74) is 6.15. The molecule has 4 aromatic carbocycles. The molecule has 8 bridgehead atoms. The summed E-state index contributed by atoms with van der Waals surface area (Å²) in [6.45, 7) is 5.72. The smallest absolute Gasteiger partial charge is 0.164 e. The Bertz CT molecular complexity index is 2750. The topological polar surface area (TPSA) is 127 Å². The highest BCUT2D eigenvalue weighted by molar-refractivity contribution is 6.07. The van der Waals surface area contributed by atoms with Gasteiger partial charge in [0.2, 0.25) is 0 Å². The van der Waals surface area contributed by atoms with Crippen LogP contribution >= 0.6 is 0 Å². The predicted octanol–water partition coefficient (Wildman–Crippen LogP) is 12.3. The number of fused-ring (bicyclic) bond motifs is 20. The molecule has 0 amide bonds. The van der Waals surface area contributed by atoms with Crippen LogP contribution in [0.15, 0.2) is 84.9 Å². The summed E-state index contributed by atoms with van der Waals surface area (Å²) in [5.74, 6) is 3.55. The summed E-state index contributed by atoms with van der Waals surface area (Å²) in [7, 11) is 0. The molecule has 2 N–H and O–H groups in total. The molecule has 0 saturated heterocycles. The van der Waals surface area contributed by atoms with E-state index in [1.54, 1.807) is 0 Å². The number of ether oxygens (including phenoxy) is 2. The first-order valence-electron chi connectivity index (χ1n) is 21.2. The van der Waals surface area contributed by atoms with Gasteiger partial charge in [0.15, 0.2) is 34.8 Å². The third-order valence-electron chi connectivity index (χ3n) is 11.1. The number of aromatic nitrogens is 8. The fourth-order valence-electron chi connectivity index (χ4n) is 8.00. The third kappa shape index (κ3) is 7.63. The Morgan fingerprint density at radius 2 is 0.724 bits per heavy atom. The van der Waals surface area contributed by atoms with Gasteiger partial charge < -0.3 is 19.4 Å². The summed E-state index contributed by atoms with van der Waals surface area (Å²) < 4.78 is 13.1. The van der Waals surface area contributed by atoms with Gasteiger partial charge in [-0.3, -0.25) is 0 Å². The Hall–Kier alpha value is -6.16. The van der Waals surface area contributed by atoms with Gasteiger partial charge in [-0.25, -0.2) is 29.9 Å². The van der Waals surface area contributed by atoms with Crippen molar-refractivity contribution in [3.63, 3.8) is 0 Å². The molecule has 9 rings (SSSR count). The van der Waals surface area contributed by atoms with Crippen LogP contribution < -0.4 is 9.47 Å². The largest absolute Gasteiger partial charge is 0.490 e. The molecule has 2 aliphatic heterocycles. The van der Waals surface area contributed by atoms with E-state index >= 15 is 0 Å². The summed E-state index contributed by atoms with van der Waals surface area (Å²) in [5, 5.41) is 3.80. The van der Waals surface area contributed by atoms with Crippen LogP contribution in [-0.4, -0.2) is 53.1 Å². The first-order valence-corrected chi connectivity index (χ1v) is 21.2. The Labute approximate surface area is 338 Å². The van der Waals surface area contributed by atoms with Crippen LogP contribution in [0.25, 0.3) is 89.7 Å². The number of nitrogens with one attached hydrogen (secondary N) is 2. The van der Waals surface area contributed by atoms with Crippen molar-refractivity contribution in [2.75, 3.05) is 13.2 Å². The first-order chi connectivity index (χ1) is 28.7. The molecule has 0 saturated carbocycles. The van der Waals surface area contributed by atoms with Gasteiger partial charge in [-0.1, -0.05) is 151 Å². The Balaban J connectivity index is 1.22. The molecule has 0 radical (unpaired) electrons. The van der Waals surface area contributed by atoms with Gasteiger partial charge >= 0.3 is 0 Å². The lowest BCUT2D eigenvalue weighted by atomic mass is 10.1. The number of hydrogen-bond acceptors (Lipinski definition) is 8. The molecule has 0 aliphatic carbocycles. The van der Waals surface area contributed by atoms with Crippen molar-refractivity contribution >= 4 is 44.1 Å². The van der Waals surface area contributed by atoms with Gasteiger partial charge in [-0.05, 0) is 25.0 Å². The van der Waals surface area contributed by atoms with Crippen molar-refractivity contribution in [3.8, 4) is 57.1 Å². The number of aromatic amines is 2.